The molecular formula is C25H26N2O4S. The van der Waals surface area contributed by atoms with Crippen molar-refractivity contribution in [3.8, 4) is 5.75 Å². The van der Waals surface area contributed by atoms with Gasteiger partial charge < -0.3 is 9.64 Å². The number of methoxy groups -OCH3 is 1. The summed E-state index contributed by atoms with van der Waals surface area (Å²) in [5.74, 6) is 0.381. The molecule has 166 valence electrons. The Morgan fingerprint density at radius 2 is 1.62 bits per heavy atom. The van der Waals surface area contributed by atoms with E-state index in [2.05, 4.69) is 6.07 Å². The molecule has 0 aromatic heterocycles. The normalized spacial score (nSPS) is 13.4. The SMILES string of the molecule is COc1ccc(N(CC(=O)N2CCc3ccccc3C2)S(=O)(=O)c2ccc(C)cc2)cc1. The number of hydrogen-bond donors (Lipinski definition) is 0. The molecule has 6 nitrogen and oxygen atoms in total. The molecule has 0 saturated heterocycles. The maximum Gasteiger partial charge on any atom is 0.264 e. The number of carbonyl (C=O) groups excluding carboxylic acids is 1. The van der Waals surface area contributed by atoms with E-state index in [9.17, 15) is 13.2 Å². The summed E-state index contributed by atoms with van der Waals surface area (Å²) in [6, 6.07) is 21.4. The molecule has 1 aliphatic rings. The quantitative estimate of drug-likeness (QED) is 0.573. The van der Waals surface area contributed by atoms with Crippen LogP contribution < -0.4 is 9.04 Å². The van der Waals surface area contributed by atoms with E-state index in [0.717, 1.165) is 17.5 Å². The van der Waals surface area contributed by atoms with Gasteiger partial charge in [-0.2, -0.15) is 0 Å². The minimum absolute atomic E-state index is 0.149. The van der Waals surface area contributed by atoms with E-state index in [1.807, 2.05) is 25.1 Å². The van der Waals surface area contributed by atoms with Crippen LogP contribution in [0.1, 0.15) is 16.7 Å². The van der Waals surface area contributed by atoms with Crippen LogP contribution in [0.15, 0.2) is 77.7 Å². The van der Waals surface area contributed by atoms with Gasteiger partial charge in [-0.3, -0.25) is 9.10 Å². The van der Waals surface area contributed by atoms with Crippen molar-refractivity contribution in [3.63, 3.8) is 0 Å². The van der Waals surface area contributed by atoms with Crippen LogP contribution in [0.5, 0.6) is 5.75 Å². The number of ether oxygens (including phenoxy) is 1. The van der Waals surface area contributed by atoms with Crippen LogP contribution in [-0.2, 0) is 27.8 Å². The third-order valence-corrected chi connectivity index (χ3v) is 7.52. The summed E-state index contributed by atoms with van der Waals surface area (Å²) < 4.78 is 33.5. The van der Waals surface area contributed by atoms with E-state index < -0.39 is 10.0 Å². The largest absolute Gasteiger partial charge is 0.497 e. The average molecular weight is 451 g/mol. The fraction of sp³-hybridized carbons (Fsp3) is 0.240. The standard InChI is InChI=1S/C25H26N2O4S/c1-19-7-13-24(14-8-19)32(29,30)27(22-9-11-23(31-2)12-10-22)18-25(28)26-16-15-20-5-3-4-6-21(20)17-26/h3-14H,15-18H2,1-2H3. The highest BCUT2D eigenvalue weighted by Gasteiger charge is 2.30. The first-order valence-corrected chi connectivity index (χ1v) is 11.9. The van der Waals surface area contributed by atoms with Crippen LogP contribution in [0.2, 0.25) is 0 Å². The number of aryl methyl sites for hydroxylation is 1. The van der Waals surface area contributed by atoms with E-state index >= 15 is 0 Å². The summed E-state index contributed by atoms with van der Waals surface area (Å²) in [4.78, 5) is 15.1. The molecule has 4 rings (SSSR count). The van der Waals surface area contributed by atoms with E-state index in [-0.39, 0.29) is 17.3 Å². The van der Waals surface area contributed by atoms with Crippen LogP contribution >= 0.6 is 0 Å². The van der Waals surface area contributed by atoms with Gasteiger partial charge in [0.15, 0.2) is 0 Å². The van der Waals surface area contributed by atoms with Gasteiger partial charge in [-0.1, -0.05) is 42.0 Å². The molecule has 7 heteroatoms. The lowest BCUT2D eigenvalue weighted by atomic mass is 10.00. The van der Waals surface area contributed by atoms with E-state index in [4.69, 9.17) is 4.74 Å². The van der Waals surface area contributed by atoms with Crippen LogP contribution in [0.3, 0.4) is 0 Å². The fourth-order valence-electron chi connectivity index (χ4n) is 3.83. The van der Waals surface area contributed by atoms with Gasteiger partial charge in [0.1, 0.15) is 12.3 Å². The number of amides is 1. The van der Waals surface area contributed by atoms with Crippen LogP contribution in [0, 0.1) is 6.92 Å². The molecule has 0 saturated carbocycles. The van der Waals surface area contributed by atoms with Gasteiger partial charge in [0, 0.05) is 13.1 Å². The molecule has 0 atom stereocenters. The van der Waals surface area contributed by atoms with Crippen molar-refractivity contribution in [1.29, 1.82) is 0 Å². The Hall–Kier alpha value is -3.32. The smallest absolute Gasteiger partial charge is 0.264 e. The van der Waals surface area contributed by atoms with Crippen molar-refractivity contribution < 1.29 is 17.9 Å². The van der Waals surface area contributed by atoms with Gasteiger partial charge in [0.05, 0.1) is 17.7 Å². The number of rotatable bonds is 6. The highest BCUT2D eigenvalue weighted by molar-refractivity contribution is 7.92. The van der Waals surface area contributed by atoms with Crippen molar-refractivity contribution in [3.05, 3.63) is 89.5 Å². The lowest BCUT2D eigenvalue weighted by Crippen LogP contribution is -2.44. The molecular weight excluding hydrogens is 424 g/mol. The Kier molecular flexibility index (Phi) is 6.19. The molecule has 0 spiro atoms. The van der Waals surface area contributed by atoms with E-state index in [1.165, 1.54) is 9.87 Å². The minimum atomic E-state index is -3.94. The van der Waals surface area contributed by atoms with Crippen LogP contribution in [0.25, 0.3) is 0 Å². The van der Waals surface area contributed by atoms with Gasteiger partial charge in [0.25, 0.3) is 10.0 Å². The summed E-state index contributed by atoms with van der Waals surface area (Å²) in [5.41, 5.74) is 3.71. The summed E-state index contributed by atoms with van der Waals surface area (Å²) >= 11 is 0. The van der Waals surface area contributed by atoms with Crippen molar-refractivity contribution in [1.82, 2.24) is 4.90 Å². The fourth-order valence-corrected chi connectivity index (χ4v) is 5.25. The molecule has 32 heavy (non-hydrogen) atoms. The maximum atomic E-state index is 13.5. The van der Waals surface area contributed by atoms with Crippen molar-refractivity contribution in [2.45, 2.75) is 24.8 Å². The summed E-state index contributed by atoms with van der Waals surface area (Å²) in [5, 5.41) is 0. The first-order valence-electron chi connectivity index (χ1n) is 10.5. The second-order valence-electron chi connectivity index (χ2n) is 7.86. The second-order valence-corrected chi connectivity index (χ2v) is 9.72. The predicted octanol–water partition coefficient (Wildman–Crippen LogP) is 3.78. The summed E-state index contributed by atoms with van der Waals surface area (Å²) in [7, 11) is -2.39. The Bertz CT molecular complexity index is 1210. The predicted molar refractivity (Wildman–Crippen MR) is 124 cm³/mol. The van der Waals surface area contributed by atoms with Crippen molar-refractivity contribution in [2.24, 2.45) is 0 Å². The third kappa shape index (κ3) is 4.48. The number of benzene rings is 3. The summed E-state index contributed by atoms with van der Waals surface area (Å²) in [6.45, 7) is 2.67. The molecule has 0 bridgehead atoms. The molecule has 0 fully saturated rings. The molecule has 1 heterocycles. The first kappa shape index (κ1) is 21.9. The number of sulfonamides is 1. The number of hydrogen-bond acceptors (Lipinski definition) is 4. The van der Waals surface area contributed by atoms with Gasteiger partial charge in [-0.15, -0.1) is 0 Å². The molecule has 0 aliphatic carbocycles. The van der Waals surface area contributed by atoms with E-state index in [0.29, 0.717) is 24.5 Å². The average Bonchev–Trinajstić information content (AvgIpc) is 2.82. The van der Waals surface area contributed by atoms with Gasteiger partial charge in [-0.25, -0.2) is 8.42 Å². The lowest BCUT2D eigenvalue weighted by molar-refractivity contribution is -0.130. The van der Waals surface area contributed by atoms with Gasteiger partial charge >= 0.3 is 0 Å². The Labute approximate surface area is 189 Å². The number of nitrogens with zero attached hydrogens (tertiary/aromatic N) is 2. The second kappa shape index (κ2) is 9.04. The highest BCUT2D eigenvalue weighted by atomic mass is 32.2. The maximum absolute atomic E-state index is 13.5. The number of anilines is 1. The molecule has 0 unspecified atom stereocenters. The van der Waals surface area contributed by atoms with Gasteiger partial charge in [0.2, 0.25) is 5.91 Å². The number of fused-ring (bicyclic) bond motifs is 1. The molecule has 0 radical (unpaired) electrons. The van der Waals surface area contributed by atoms with Crippen LogP contribution in [0.4, 0.5) is 5.69 Å². The Balaban J connectivity index is 1.64. The van der Waals surface area contributed by atoms with Crippen molar-refractivity contribution >= 4 is 21.6 Å². The zero-order valence-electron chi connectivity index (χ0n) is 18.2. The monoisotopic (exact) mass is 450 g/mol. The molecule has 1 aliphatic heterocycles. The minimum Gasteiger partial charge on any atom is -0.497 e. The third-order valence-electron chi connectivity index (χ3n) is 5.73. The van der Waals surface area contributed by atoms with Gasteiger partial charge in [-0.05, 0) is 60.9 Å². The Morgan fingerprint density at radius 1 is 0.969 bits per heavy atom. The highest BCUT2D eigenvalue weighted by Crippen LogP contribution is 2.27. The van der Waals surface area contributed by atoms with E-state index in [1.54, 1.807) is 60.5 Å². The lowest BCUT2D eigenvalue weighted by Gasteiger charge is -2.32. The van der Waals surface area contributed by atoms with Crippen molar-refractivity contribution in [2.75, 3.05) is 24.5 Å². The summed E-state index contributed by atoms with van der Waals surface area (Å²) in [6.07, 6.45) is 0.759. The first-order chi connectivity index (χ1) is 15.4. The topological polar surface area (TPSA) is 66.9 Å². The Morgan fingerprint density at radius 3 is 2.28 bits per heavy atom. The zero-order chi connectivity index (χ0) is 22.7. The molecule has 1 amide bonds. The van der Waals surface area contributed by atoms with Crippen LogP contribution in [-0.4, -0.2) is 39.4 Å². The molecule has 3 aromatic carbocycles. The molecule has 3 aromatic rings. The zero-order valence-corrected chi connectivity index (χ0v) is 19.0. The number of carbonyl (C=O) groups is 1. The molecule has 0 N–H and O–H groups in total.